The smallest absolute Gasteiger partial charge is 0.317 e. The van der Waals surface area contributed by atoms with Crippen molar-refractivity contribution in [3.05, 3.63) is 89.0 Å². The number of Topliss-reactive ketones (excluding diaryl/α,β-unsaturated/α-hetero) is 1. The summed E-state index contributed by atoms with van der Waals surface area (Å²) in [4.78, 5) is 73.4. The molecule has 3 heterocycles. The number of pyridine rings is 1. The van der Waals surface area contributed by atoms with Crippen LogP contribution in [0.1, 0.15) is 107 Å². The van der Waals surface area contributed by atoms with Crippen LogP contribution in [-0.4, -0.2) is 117 Å². The van der Waals surface area contributed by atoms with E-state index in [-0.39, 0.29) is 59.1 Å². The lowest BCUT2D eigenvalue weighted by Gasteiger charge is -2.42. The van der Waals surface area contributed by atoms with E-state index in [1.54, 1.807) is 57.9 Å². The Bertz CT molecular complexity index is 2230. The number of carbonyl (C=O) groups is 5. The molecular weight excluding hydrogens is 880 g/mol. The van der Waals surface area contributed by atoms with Crippen LogP contribution in [0.3, 0.4) is 0 Å². The second kappa shape index (κ2) is 23.1. The normalized spacial score (nSPS) is 19.5. The molecule has 354 valence electrons. The molecule has 5 amide bonds. The fourth-order valence-electron chi connectivity index (χ4n) is 8.94. The molecule has 3 fully saturated rings. The summed E-state index contributed by atoms with van der Waals surface area (Å²) >= 11 is 0. The van der Waals surface area contributed by atoms with E-state index in [0.717, 1.165) is 79.8 Å². The molecule has 66 heavy (non-hydrogen) atoms. The summed E-state index contributed by atoms with van der Waals surface area (Å²) in [5.74, 6) is 0.943. The lowest BCUT2D eigenvalue weighted by Crippen LogP contribution is -2.55. The monoisotopic (exact) mass is 942 g/mol. The van der Waals surface area contributed by atoms with Crippen LogP contribution in [0.4, 0.5) is 14.9 Å². The molecular formula is C49H63FN8O6S2. The summed E-state index contributed by atoms with van der Waals surface area (Å²) in [7, 11) is 3.23. The molecule has 2 saturated heterocycles. The summed E-state index contributed by atoms with van der Waals surface area (Å²) in [6.07, 6.45) is 10.5. The van der Waals surface area contributed by atoms with Crippen molar-refractivity contribution in [1.82, 2.24) is 30.4 Å². The molecule has 2 aliphatic heterocycles. The highest BCUT2D eigenvalue weighted by molar-refractivity contribution is 8.77. The highest BCUT2D eigenvalue weighted by Gasteiger charge is 2.44. The third-order valence-electron chi connectivity index (χ3n) is 12.7. The fraction of sp³-hybridized carbons (Fsp3) is 0.531. The van der Waals surface area contributed by atoms with Gasteiger partial charge >= 0.3 is 6.03 Å². The van der Waals surface area contributed by atoms with Crippen molar-refractivity contribution in [2.24, 2.45) is 11.0 Å². The molecule has 7 rings (SSSR count). The number of urea groups is 1. The number of piperidine rings is 1. The van der Waals surface area contributed by atoms with Gasteiger partial charge in [-0.15, -0.1) is 0 Å². The number of fused-ring (bicyclic) bond motifs is 1. The van der Waals surface area contributed by atoms with Gasteiger partial charge in [0.25, 0.3) is 0 Å². The van der Waals surface area contributed by atoms with Gasteiger partial charge in [-0.1, -0.05) is 33.7 Å². The molecule has 2 aromatic carbocycles. The van der Waals surface area contributed by atoms with Crippen LogP contribution in [0.25, 0.3) is 0 Å². The van der Waals surface area contributed by atoms with Crippen LogP contribution >= 0.6 is 21.6 Å². The van der Waals surface area contributed by atoms with E-state index in [9.17, 15) is 24.0 Å². The molecule has 2 unspecified atom stereocenters. The minimum absolute atomic E-state index is 0.0463. The van der Waals surface area contributed by atoms with Crippen LogP contribution in [-0.2, 0) is 32.1 Å². The predicted molar refractivity (Wildman–Crippen MR) is 258 cm³/mol. The number of aryl methyl sites for hydroxylation is 1. The maximum absolute atomic E-state index is 15.0. The van der Waals surface area contributed by atoms with E-state index in [1.807, 2.05) is 49.1 Å². The van der Waals surface area contributed by atoms with E-state index in [0.29, 0.717) is 75.1 Å². The van der Waals surface area contributed by atoms with Gasteiger partial charge in [0.1, 0.15) is 17.3 Å². The molecule has 3 aromatic rings. The number of benzene rings is 2. The van der Waals surface area contributed by atoms with Crippen LogP contribution < -0.4 is 20.8 Å². The summed E-state index contributed by atoms with van der Waals surface area (Å²) in [6.45, 7) is 10.3. The molecule has 17 heteroatoms. The largest absolute Gasteiger partial charge is 0.494 e. The highest BCUT2D eigenvalue weighted by Crippen LogP contribution is 2.47. The number of aromatic nitrogens is 1. The first kappa shape index (κ1) is 48.9. The molecule has 0 bridgehead atoms. The average molecular weight is 943 g/mol. The van der Waals surface area contributed by atoms with Crippen molar-refractivity contribution >= 4 is 62.5 Å². The second-order valence-corrected chi connectivity index (χ2v) is 21.5. The average Bonchev–Trinajstić information content (AvgIpc) is 4.13. The van der Waals surface area contributed by atoms with Gasteiger partial charge in [0.2, 0.25) is 17.7 Å². The fourth-order valence-corrected chi connectivity index (χ4v) is 11.4. The number of anilines is 1. The number of rotatable bonds is 19. The first-order valence-corrected chi connectivity index (χ1v) is 25.6. The first-order chi connectivity index (χ1) is 31.8. The molecule has 0 radical (unpaired) electrons. The zero-order valence-corrected chi connectivity index (χ0v) is 40.0. The van der Waals surface area contributed by atoms with Gasteiger partial charge in [0, 0.05) is 117 Å². The Balaban J connectivity index is 0.740. The minimum atomic E-state index is -0.487. The Kier molecular flexibility index (Phi) is 17.2. The van der Waals surface area contributed by atoms with Crippen LogP contribution in [0.15, 0.2) is 66.0 Å². The lowest BCUT2D eigenvalue weighted by molar-refractivity contribution is -0.133. The van der Waals surface area contributed by atoms with Gasteiger partial charge in [0.15, 0.2) is 0 Å². The highest BCUT2D eigenvalue weighted by atomic mass is 33.1. The third kappa shape index (κ3) is 14.0. The number of hydrogen-bond donors (Lipinski definition) is 3. The lowest BCUT2D eigenvalue weighted by atomic mass is 9.90. The molecule has 14 nitrogen and oxygen atoms in total. The van der Waals surface area contributed by atoms with Crippen molar-refractivity contribution in [3.63, 3.8) is 0 Å². The van der Waals surface area contributed by atoms with Crippen molar-refractivity contribution in [2.75, 3.05) is 56.9 Å². The van der Waals surface area contributed by atoms with Gasteiger partial charge in [0.05, 0.1) is 12.3 Å². The molecule has 2 atom stereocenters. The molecule has 0 spiro atoms. The molecule has 3 N–H and O–H groups in total. The van der Waals surface area contributed by atoms with Gasteiger partial charge in [-0.3, -0.25) is 24.3 Å². The summed E-state index contributed by atoms with van der Waals surface area (Å²) in [5, 5.41) is 10.2. The van der Waals surface area contributed by atoms with E-state index in [2.05, 4.69) is 31.0 Å². The quantitative estimate of drug-likeness (QED) is 0.0630. The summed E-state index contributed by atoms with van der Waals surface area (Å²) in [6, 6.07) is 14.4. The molecule has 2 aliphatic carbocycles. The third-order valence-corrected chi connectivity index (χ3v) is 16.0. The van der Waals surface area contributed by atoms with Crippen molar-refractivity contribution < 1.29 is 33.1 Å². The Morgan fingerprint density at radius 3 is 2.50 bits per heavy atom. The Morgan fingerprint density at radius 1 is 0.955 bits per heavy atom. The Morgan fingerprint density at radius 2 is 1.76 bits per heavy atom. The van der Waals surface area contributed by atoms with E-state index < -0.39 is 5.82 Å². The maximum Gasteiger partial charge on any atom is 0.317 e. The SMILES string of the molecule is CC(=O)CCCOc1ccc2c(c1)CCC/C2=N\NC(=O)CC(C)(C)SSCCC(=O)N1CCN(C2CCN(C(=O)NCc3ccc(NC(=O)C4CC4c4cccnc4)cc3F)CC2)CC1. The number of nitrogens with one attached hydrogen (secondary N) is 3. The first-order valence-electron chi connectivity index (χ1n) is 23.3. The number of hydrazone groups is 1. The number of hydrogen-bond acceptors (Lipinski definition) is 11. The number of halogens is 1. The number of likely N-dealkylation sites (tertiary alicyclic amines) is 1. The Labute approximate surface area is 395 Å². The number of nitrogens with zero attached hydrogens (tertiary/aromatic N) is 5. The van der Waals surface area contributed by atoms with Crippen molar-refractivity contribution in [3.8, 4) is 5.75 Å². The van der Waals surface area contributed by atoms with Gasteiger partial charge in [-0.2, -0.15) is 5.10 Å². The maximum atomic E-state index is 15.0. The van der Waals surface area contributed by atoms with E-state index >= 15 is 4.39 Å². The summed E-state index contributed by atoms with van der Waals surface area (Å²) < 4.78 is 20.5. The number of ketones is 1. The zero-order chi connectivity index (χ0) is 46.6. The number of carbonyl (C=O) groups excluding carboxylic acids is 5. The topological polar surface area (TPSA) is 166 Å². The molecule has 4 aliphatic rings. The molecule has 1 aromatic heterocycles. The standard InChI is InChI=1S/C49H63FN8O6S2/c1-33(59)7-6-25-64-39-13-14-40-34(27-39)8-4-10-44(40)54-55-45(60)30-49(2,3)66-65-26-17-46(61)57-23-21-56(22-24-57)38-15-19-58(20-16-38)48(63)52-32-36-11-12-37(28-43(36)50)53-47(62)42-29-41(42)35-9-5-18-51-31-35/h5,9,11-14,18,27-28,31,38,41-42H,4,6-8,10,15-17,19-26,29-30,32H2,1-3H3,(H,52,63)(H,53,62)(H,55,60)/b54-44+. The minimum Gasteiger partial charge on any atom is -0.494 e. The number of amides is 5. The zero-order valence-electron chi connectivity index (χ0n) is 38.3. The van der Waals surface area contributed by atoms with Crippen LogP contribution in [0.5, 0.6) is 5.75 Å². The van der Waals surface area contributed by atoms with Gasteiger partial charge in [-0.05, 0) is 119 Å². The van der Waals surface area contributed by atoms with Crippen molar-refractivity contribution in [1.29, 1.82) is 0 Å². The van der Waals surface area contributed by atoms with Crippen LogP contribution in [0, 0.1) is 11.7 Å². The van der Waals surface area contributed by atoms with Crippen LogP contribution in [0.2, 0.25) is 0 Å². The van der Waals surface area contributed by atoms with Gasteiger partial charge in [-0.25, -0.2) is 14.6 Å². The predicted octanol–water partition coefficient (Wildman–Crippen LogP) is 7.33. The number of ether oxygens (including phenoxy) is 1. The summed E-state index contributed by atoms with van der Waals surface area (Å²) in [5.41, 5.74) is 7.59. The number of piperazine rings is 1. The van der Waals surface area contributed by atoms with E-state index in [1.165, 1.54) is 6.07 Å². The Hall–Kier alpha value is -5.00. The van der Waals surface area contributed by atoms with Crippen molar-refractivity contribution in [2.45, 2.75) is 108 Å². The van der Waals surface area contributed by atoms with Gasteiger partial charge < -0.3 is 30.0 Å². The molecule has 1 saturated carbocycles. The van der Waals surface area contributed by atoms with E-state index in [4.69, 9.17) is 4.74 Å². The second-order valence-electron chi connectivity index (χ2n) is 18.3.